The minimum absolute atomic E-state index is 0.0997. The summed E-state index contributed by atoms with van der Waals surface area (Å²) in [5.41, 5.74) is 0.381. The summed E-state index contributed by atoms with van der Waals surface area (Å²) in [5.74, 6) is 0.607. The summed E-state index contributed by atoms with van der Waals surface area (Å²) in [6.45, 7) is 1.80. The lowest BCUT2D eigenvalue weighted by Gasteiger charge is -2.40. The van der Waals surface area contributed by atoms with Gasteiger partial charge in [0.15, 0.2) is 11.5 Å². The van der Waals surface area contributed by atoms with Gasteiger partial charge in [-0.1, -0.05) is 0 Å². The summed E-state index contributed by atoms with van der Waals surface area (Å²) in [6, 6.07) is 3.82. The molecule has 1 amide bonds. The van der Waals surface area contributed by atoms with Crippen molar-refractivity contribution in [1.29, 1.82) is 0 Å². The molecule has 1 saturated heterocycles. The zero-order chi connectivity index (χ0) is 17.9. The van der Waals surface area contributed by atoms with Crippen LogP contribution in [-0.4, -0.2) is 72.4 Å². The fraction of sp³-hybridized carbons (Fsp3) is 0.562. The maximum absolute atomic E-state index is 12.3. The van der Waals surface area contributed by atoms with Crippen LogP contribution in [-0.2, 0) is 0 Å². The van der Waals surface area contributed by atoms with Crippen molar-refractivity contribution < 1.29 is 29.6 Å². The van der Waals surface area contributed by atoms with E-state index in [0.717, 1.165) is 0 Å². The van der Waals surface area contributed by atoms with E-state index in [2.05, 4.69) is 10.6 Å². The number of ether oxygens (including phenoxy) is 2. The van der Waals surface area contributed by atoms with Gasteiger partial charge in [-0.3, -0.25) is 4.79 Å². The molecule has 0 aromatic heterocycles. The highest BCUT2D eigenvalue weighted by Gasteiger charge is 2.40. The molecule has 5 N–H and O–H groups in total. The third-order valence-corrected chi connectivity index (χ3v) is 4.23. The van der Waals surface area contributed by atoms with E-state index >= 15 is 0 Å². The predicted octanol–water partition coefficient (Wildman–Crippen LogP) is -1.12. The van der Waals surface area contributed by atoms with Crippen molar-refractivity contribution in [2.45, 2.75) is 37.3 Å². The van der Waals surface area contributed by atoms with Crippen LogP contribution in [0.25, 0.3) is 0 Å². The van der Waals surface area contributed by atoms with Gasteiger partial charge >= 0.3 is 0 Å². The summed E-state index contributed by atoms with van der Waals surface area (Å²) < 4.78 is 10.3. The second-order valence-corrected chi connectivity index (χ2v) is 5.81. The van der Waals surface area contributed by atoms with Gasteiger partial charge in [-0.2, -0.15) is 0 Å². The first-order valence-electron chi connectivity index (χ1n) is 7.69. The standard InChI is InChI=1S/C16H24N2O6/c1-8-13(19)15(21)14(20)10(18-8)7-17-16(22)9-4-5-11(23-2)12(6-9)24-3/h4-6,8,10,13-15,18-21H,7H2,1-3H3,(H,17,22)/t8-,10+,13+,14+,15+/m0/s1. The van der Waals surface area contributed by atoms with Crippen molar-refractivity contribution in [2.75, 3.05) is 20.8 Å². The Morgan fingerprint density at radius 2 is 1.79 bits per heavy atom. The van der Waals surface area contributed by atoms with Gasteiger partial charge in [0.25, 0.3) is 5.91 Å². The molecule has 0 unspecified atom stereocenters. The van der Waals surface area contributed by atoms with Gasteiger partial charge in [-0.15, -0.1) is 0 Å². The average Bonchev–Trinajstić information content (AvgIpc) is 2.60. The van der Waals surface area contributed by atoms with Crippen molar-refractivity contribution in [2.24, 2.45) is 0 Å². The Morgan fingerprint density at radius 1 is 1.12 bits per heavy atom. The lowest BCUT2D eigenvalue weighted by atomic mass is 9.91. The number of amides is 1. The van der Waals surface area contributed by atoms with Crippen LogP contribution >= 0.6 is 0 Å². The third kappa shape index (κ3) is 3.78. The average molecular weight is 340 g/mol. The molecular weight excluding hydrogens is 316 g/mol. The third-order valence-electron chi connectivity index (χ3n) is 4.23. The van der Waals surface area contributed by atoms with E-state index in [4.69, 9.17) is 9.47 Å². The van der Waals surface area contributed by atoms with E-state index in [0.29, 0.717) is 17.1 Å². The summed E-state index contributed by atoms with van der Waals surface area (Å²) in [4.78, 5) is 12.3. The van der Waals surface area contributed by atoms with Crippen molar-refractivity contribution in [3.63, 3.8) is 0 Å². The second-order valence-electron chi connectivity index (χ2n) is 5.81. The van der Waals surface area contributed by atoms with Gasteiger partial charge in [0.05, 0.1) is 32.5 Å². The summed E-state index contributed by atoms with van der Waals surface area (Å²) in [5, 5.41) is 35.2. The van der Waals surface area contributed by atoms with Gasteiger partial charge in [0.1, 0.15) is 6.10 Å². The predicted molar refractivity (Wildman–Crippen MR) is 86.3 cm³/mol. The summed E-state index contributed by atoms with van der Waals surface area (Å²) in [7, 11) is 2.99. The van der Waals surface area contributed by atoms with Gasteiger partial charge in [0.2, 0.25) is 0 Å². The zero-order valence-corrected chi connectivity index (χ0v) is 13.9. The van der Waals surface area contributed by atoms with Crippen LogP contribution in [0.15, 0.2) is 18.2 Å². The minimum Gasteiger partial charge on any atom is -0.493 e. The van der Waals surface area contributed by atoms with Crippen molar-refractivity contribution in [3.8, 4) is 11.5 Å². The molecule has 24 heavy (non-hydrogen) atoms. The van der Waals surface area contributed by atoms with E-state index in [1.807, 2.05) is 0 Å². The highest BCUT2D eigenvalue weighted by Crippen LogP contribution is 2.27. The number of carbonyl (C=O) groups is 1. The Balaban J connectivity index is 2.00. The van der Waals surface area contributed by atoms with E-state index < -0.39 is 30.4 Å². The molecule has 0 saturated carbocycles. The first kappa shape index (κ1) is 18.5. The van der Waals surface area contributed by atoms with Crippen molar-refractivity contribution in [3.05, 3.63) is 23.8 Å². The lowest BCUT2D eigenvalue weighted by molar-refractivity contribution is -0.109. The second kappa shape index (κ2) is 7.80. The molecule has 0 bridgehead atoms. The highest BCUT2D eigenvalue weighted by molar-refractivity contribution is 5.94. The number of aliphatic hydroxyl groups excluding tert-OH is 3. The Hall–Kier alpha value is -1.87. The molecule has 1 aromatic carbocycles. The maximum atomic E-state index is 12.3. The first-order chi connectivity index (χ1) is 11.4. The molecule has 1 heterocycles. The topological polar surface area (TPSA) is 120 Å². The summed E-state index contributed by atoms with van der Waals surface area (Å²) in [6.07, 6.45) is -3.50. The van der Waals surface area contributed by atoms with Crippen molar-refractivity contribution in [1.82, 2.24) is 10.6 Å². The number of hydrogen-bond acceptors (Lipinski definition) is 7. The van der Waals surface area contributed by atoms with Crippen LogP contribution in [0.5, 0.6) is 11.5 Å². The van der Waals surface area contributed by atoms with Crippen molar-refractivity contribution >= 4 is 5.91 Å². The minimum atomic E-state index is -1.26. The number of hydrogen-bond donors (Lipinski definition) is 5. The molecule has 1 aromatic rings. The molecule has 0 radical (unpaired) electrons. The number of rotatable bonds is 5. The van der Waals surface area contributed by atoms with Crippen LogP contribution < -0.4 is 20.1 Å². The maximum Gasteiger partial charge on any atom is 0.251 e. The Bertz CT molecular complexity index is 582. The molecule has 8 nitrogen and oxygen atoms in total. The van der Waals surface area contributed by atoms with E-state index in [-0.39, 0.29) is 12.5 Å². The molecule has 5 atom stereocenters. The molecule has 2 rings (SSSR count). The number of piperidine rings is 1. The number of carbonyl (C=O) groups excluding carboxylic acids is 1. The fourth-order valence-electron chi connectivity index (χ4n) is 2.73. The SMILES string of the molecule is COc1ccc(C(=O)NC[C@H]2N[C@@H](C)[C@@H](O)[C@@H](O)[C@@H]2O)cc1OC. The largest absolute Gasteiger partial charge is 0.493 e. The lowest BCUT2D eigenvalue weighted by Crippen LogP contribution is -2.66. The summed E-state index contributed by atoms with van der Waals surface area (Å²) >= 11 is 0. The van der Waals surface area contributed by atoms with Gasteiger partial charge in [-0.05, 0) is 25.1 Å². The van der Waals surface area contributed by atoms with Crippen LogP contribution in [0.4, 0.5) is 0 Å². The van der Waals surface area contributed by atoms with Crippen LogP contribution in [0.1, 0.15) is 17.3 Å². The van der Waals surface area contributed by atoms with E-state index in [1.165, 1.54) is 14.2 Å². The van der Waals surface area contributed by atoms with Gasteiger partial charge in [-0.25, -0.2) is 0 Å². The molecule has 1 aliphatic rings. The van der Waals surface area contributed by atoms with Gasteiger partial charge < -0.3 is 35.4 Å². The first-order valence-corrected chi connectivity index (χ1v) is 7.69. The monoisotopic (exact) mass is 340 g/mol. The van der Waals surface area contributed by atoms with Crippen LogP contribution in [0, 0.1) is 0 Å². The molecular formula is C16H24N2O6. The fourth-order valence-corrected chi connectivity index (χ4v) is 2.73. The number of methoxy groups -OCH3 is 2. The number of nitrogens with one attached hydrogen (secondary N) is 2. The smallest absolute Gasteiger partial charge is 0.251 e. The number of aliphatic hydroxyl groups is 3. The zero-order valence-electron chi connectivity index (χ0n) is 13.9. The quantitative estimate of drug-likeness (QED) is 0.460. The highest BCUT2D eigenvalue weighted by atomic mass is 16.5. The van der Waals surface area contributed by atoms with Crippen LogP contribution in [0.3, 0.4) is 0 Å². The molecule has 8 heteroatoms. The van der Waals surface area contributed by atoms with E-state index in [9.17, 15) is 20.1 Å². The van der Waals surface area contributed by atoms with Crippen LogP contribution in [0.2, 0.25) is 0 Å². The normalized spacial score (nSPS) is 29.8. The Morgan fingerprint density at radius 3 is 2.42 bits per heavy atom. The van der Waals surface area contributed by atoms with Gasteiger partial charge in [0, 0.05) is 18.2 Å². The Kier molecular flexibility index (Phi) is 6.00. The van der Waals surface area contributed by atoms with E-state index in [1.54, 1.807) is 25.1 Å². The molecule has 0 aliphatic carbocycles. The molecule has 134 valence electrons. The Labute approximate surface area is 140 Å². The number of benzene rings is 1. The molecule has 0 spiro atoms. The molecule has 1 fully saturated rings. The molecule has 1 aliphatic heterocycles.